The van der Waals surface area contributed by atoms with E-state index in [1.165, 1.54) is 0 Å². The van der Waals surface area contributed by atoms with Crippen LogP contribution < -0.4 is 10.2 Å². The molecule has 0 bridgehead atoms. The van der Waals surface area contributed by atoms with E-state index in [9.17, 15) is 9.59 Å². The first-order valence-corrected chi connectivity index (χ1v) is 9.57. The Kier molecular flexibility index (Phi) is 6.57. The fourth-order valence-electron chi connectivity index (χ4n) is 2.79. The molecule has 1 aromatic carbocycles. The molecule has 0 unspecified atom stereocenters. The van der Waals surface area contributed by atoms with Gasteiger partial charge in [0, 0.05) is 55.4 Å². The van der Waals surface area contributed by atoms with Crippen molar-refractivity contribution < 1.29 is 9.59 Å². The van der Waals surface area contributed by atoms with Crippen LogP contribution in [0, 0.1) is 0 Å². The second kappa shape index (κ2) is 9.30. The molecule has 0 aliphatic heterocycles. The number of nitrogens with zero attached hydrogens (tertiary/aromatic N) is 3. The van der Waals surface area contributed by atoms with Crippen LogP contribution in [0.1, 0.15) is 29.4 Å². The molecule has 2 heterocycles. The molecule has 29 heavy (non-hydrogen) atoms. The number of nitrogens with one attached hydrogen (secondary N) is 1. The van der Waals surface area contributed by atoms with Gasteiger partial charge in [0.25, 0.3) is 5.91 Å². The van der Waals surface area contributed by atoms with E-state index in [0.717, 1.165) is 22.4 Å². The lowest BCUT2D eigenvalue weighted by Gasteiger charge is -2.17. The second-order valence-corrected chi connectivity index (χ2v) is 6.85. The standard InChI is InChI=1S/C22H21ClN4O2/c1-3-21(28)27(2)17-7-8-18(19(23)11-17)16-6-9-20(25-14-16)22(29)26-13-15-5-4-10-24-12-15/h4-12,14H,3,13H2,1-2H3,(H,26,29). The van der Waals surface area contributed by atoms with Crippen molar-refractivity contribution in [2.75, 3.05) is 11.9 Å². The third-order valence-electron chi connectivity index (χ3n) is 4.50. The summed E-state index contributed by atoms with van der Waals surface area (Å²) in [6, 6.07) is 12.6. The van der Waals surface area contributed by atoms with Crippen molar-refractivity contribution in [1.82, 2.24) is 15.3 Å². The van der Waals surface area contributed by atoms with E-state index in [0.29, 0.717) is 23.7 Å². The van der Waals surface area contributed by atoms with Gasteiger partial charge in [-0.15, -0.1) is 0 Å². The van der Waals surface area contributed by atoms with Crippen LogP contribution in [0.4, 0.5) is 5.69 Å². The molecule has 0 aliphatic rings. The number of halogens is 1. The summed E-state index contributed by atoms with van der Waals surface area (Å²) < 4.78 is 0. The number of amides is 2. The smallest absolute Gasteiger partial charge is 0.270 e. The van der Waals surface area contributed by atoms with E-state index in [1.54, 1.807) is 48.7 Å². The van der Waals surface area contributed by atoms with Crippen molar-refractivity contribution in [2.24, 2.45) is 0 Å². The zero-order valence-corrected chi connectivity index (χ0v) is 17.0. The molecule has 3 aromatic rings. The topological polar surface area (TPSA) is 75.2 Å². The van der Waals surface area contributed by atoms with Gasteiger partial charge in [0.1, 0.15) is 5.69 Å². The van der Waals surface area contributed by atoms with Crippen molar-refractivity contribution >= 4 is 29.1 Å². The minimum atomic E-state index is -0.262. The predicted molar refractivity (Wildman–Crippen MR) is 114 cm³/mol. The Hall–Kier alpha value is -3.25. The first-order chi connectivity index (χ1) is 14.0. The largest absolute Gasteiger partial charge is 0.347 e. The van der Waals surface area contributed by atoms with E-state index in [-0.39, 0.29) is 11.8 Å². The van der Waals surface area contributed by atoms with Gasteiger partial charge in [-0.25, -0.2) is 0 Å². The van der Waals surface area contributed by atoms with E-state index in [2.05, 4.69) is 15.3 Å². The fraction of sp³-hybridized carbons (Fsp3) is 0.182. The molecule has 0 fully saturated rings. The molecule has 2 aromatic heterocycles. The molecular formula is C22H21ClN4O2. The van der Waals surface area contributed by atoms with Crippen molar-refractivity contribution in [1.29, 1.82) is 0 Å². The molecule has 0 aliphatic carbocycles. The predicted octanol–water partition coefficient (Wildman–Crippen LogP) is 4.10. The van der Waals surface area contributed by atoms with Crippen molar-refractivity contribution in [2.45, 2.75) is 19.9 Å². The molecule has 148 valence electrons. The lowest BCUT2D eigenvalue weighted by Crippen LogP contribution is -2.24. The van der Waals surface area contributed by atoms with Gasteiger partial charge >= 0.3 is 0 Å². The summed E-state index contributed by atoms with van der Waals surface area (Å²) in [6.45, 7) is 2.20. The Balaban J connectivity index is 1.71. The maximum atomic E-state index is 12.3. The number of aromatic nitrogens is 2. The van der Waals surface area contributed by atoms with E-state index in [1.807, 2.05) is 31.2 Å². The maximum Gasteiger partial charge on any atom is 0.270 e. The highest BCUT2D eigenvalue weighted by Gasteiger charge is 2.13. The van der Waals surface area contributed by atoms with Gasteiger partial charge in [-0.3, -0.25) is 19.6 Å². The third-order valence-corrected chi connectivity index (χ3v) is 4.81. The molecule has 3 rings (SSSR count). The summed E-state index contributed by atoms with van der Waals surface area (Å²) in [5.74, 6) is -0.251. The summed E-state index contributed by atoms with van der Waals surface area (Å²) in [5, 5.41) is 3.33. The molecule has 6 nitrogen and oxygen atoms in total. The first-order valence-electron chi connectivity index (χ1n) is 9.19. The quantitative estimate of drug-likeness (QED) is 0.666. The number of hydrogen-bond donors (Lipinski definition) is 1. The highest BCUT2D eigenvalue weighted by Crippen LogP contribution is 2.31. The number of anilines is 1. The first kappa shape index (κ1) is 20.5. The van der Waals surface area contributed by atoms with E-state index in [4.69, 9.17) is 11.6 Å². The number of rotatable bonds is 6. The van der Waals surface area contributed by atoms with Crippen molar-refractivity contribution in [3.63, 3.8) is 0 Å². The highest BCUT2D eigenvalue weighted by molar-refractivity contribution is 6.33. The monoisotopic (exact) mass is 408 g/mol. The Morgan fingerprint density at radius 3 is 2.59 bits per heavy atom. The summed E-state index contributed by atoms with van der Waals surface area (Å²) in [5.41, 5.74) is 3.52. The molecule has 0 saturated heterocycles. The van der Waals surface area contributed by atoms with Crippen LogP contribution in [-0.4, -0.2) is 28.8 Å². The van der Waals surface area contributed by atoms with Crippen molar-refractivity contribution in [3.05, 3.63) is 77.3 Å². The minimum absolute atomic E-state index is 0.0112. The van der Waals surface area contributed by atoms with Gasteiger partial charge in [0.2, 0.25) is 5.91 Å². The molecular weight excluding hydrogens is 388 g/mol. The van der Waals surface area contributed by atoms with Gasteiger partial charge in [0.15, 0.2) is 0 Å². The highest BCUT2D eigenvalue weighted by atomic mass is 35.5. The molecule has 0 saturated carbocycles. The van der Waals surface area contributed by atoms with Gasteiger partial charge in [-0.1, -0.05) is 36.7 Å². The zero-order valence-electron chi connectivity index (χ0n) is 16.2. The fourth-order valence-corrected chi connectivity index (χ4v) is 3.07. The molecule has 0 radical (unpaired) electrons. The van der Waals surface area contributed by atoms with Gasteiger partial charge in [-0.2, -0.15) is 0 Å². The van der Waals surface area contributed by atoms with Crippen LogP contribution in [0.25, 0.3) is 11.1 Å². The Labute approximate surface area is 174 Å². The Morgan fingerprint density at radius 1 is 1.14 bits per heavy atom. The minimum Gasteiger partial charge on any atom is -0.347 e. The third kappa shape index (κ3) is 4.97. The van der Waals surface area contributed by atoms with Crippen LogP contribution in [0.15, 0.2) is 61.1 Å². The molecule has 0 atom stereocenters. The average molecular weight is 409 g/mol. The number of carbonyl (C=O) groups is 2. The lowest BCUT2D eigenvalue weighted by molar-refractivity contribution is -0.118. The SMILES string of the molecule is CCC(=O)N(C)c1ccc(-c2ccc(C(=O)NCc3cccnc3)nc2)c(Cl)c1. The number of carbonyl (C=O) groups excluding carboxylic acids is 2. The summed E-state index contributed by atoms with van der Waals surface area (Å²) in [6.07, 6.45) is 5.42. The Morgan fingerprint density at radius 2 is 1.97 bits per heavy atom. The van der Waals surface area contributed by atoms with Crippen molar-refractivity contribution in [3.8, 4) is 11.1 Å². The van der Waals surface area contributed by atoms with Crippen LogP contribution in [-0.2, 0) is 11.3 Å². The second-order valence-electron chi connectivity index (χ2n) is 6.45. The number of pyridine rings is 2. The number of hydrogen-bond acceptors (Lipinski definition) is 4. The zero-order chi connectivity index (χ0) is 20.8. The van der Waals surface area contributed by atoms with Crippen LogP contribution in [0.2, 0.25) is 5.02 Å². The van der Waals surface area contributed by atoms with E-state index >= 15 is 0 Å². The summed E-state index contributed by atoms with van der Waals surface area (Å²) in [7, 11) is 1.72. The number of benzene rings is 1. The average Bonchev–Trinajstić information content (AvgIpc) is 2.77. The van der Waals surface area contributed by atoms with Gasteiger partial charge in [-0.05, 0) is 29.8 Å². The van der Waals surface area contributed by atoms with Crippen LogP contribution >= 0.6 is 11.6 Å². The van der Waals surface area contributed by atoms with Crippen LogP contribution in [0.3, 0.4) is 0 Å². The summed E-state index contributed by atoms with van der Waals surface area (Å²) in [4.78, 5) is 34.0. The van der Waals surface area contributed by atoms with Crippen LogP contribution in [0.5, 0.6) is 0 Å². The Bertz CT molecular complexity index is 1010. The van der Waals surface area contributed by atoms with E-state index < -0.39 is 0 Å². The van der Waals surface area contributed by atoms with Gasteiger partial charge < -0.3 is 10.2 Å². The molecule has 7 heteroatoms. The lowest BCUT2D eigenvalue weighted by atomic mass is 10.1. The molecule has 0 spiro atoms. The van der Waals surface area contributed by atoms with Gasteiger partial charge in [0.05, 0.1) is 5.02 Å². The molecule has 1 N–H and O–H groups in total. The summed E-state index contributed by atoms with van der Waals surface area (Å²) >= 11 is 6.42. The maximum absolute atomic E-state index is 12.3. The molecule has 2 amide bonds. The normalized spacial score (nSPS) is 10.4.